The quantitative estimate of drug-likeness (QED) is 0.541. The first-order valence-corrected chi connectivity index (χ1v) is 6.06. The highest BCUT2D eigenvalue weighted by atomic mass is 32.2. The standard InChI is InChI=1S/C9H11N3O5S/c10-4-6(13)12-5(8(14)15)3(1-17-9(11)16)2-18-7(4)12/h4,7H,1-2,10H2,(H2,11,16)(H,14,15)/t4-,7-/m1/s1. The molecule has 0 aromatic heterocycles. The smallest absolute Gasteiger partial charge is 0.404 e. The second-order valence-electron chi connectivity index (χ2n) is 3.80. The van der Waals surface area contributed by atoms with Crippen molar-refractivity contribution in [3.05, 3.63) is 11.3 Å². The number of fused-ring (bicyclic) bond motifs is 1. The van der Waals surface area contributed by atoms with E-state index >= 15 is 0 Å². The van der Waals surface area contributed by atoms with E-state index in [9.17, 15) is 14.4 Å². The molecule has 0 aromatic rings. The Balaban J connectivity index is 2.26. The lowest BCUT2D eigenvalue weighted by atomic mass is 10.0. The molecule has 1 saturated heterocycles. The van der Waals surface area contributed by atoms with Crippen LogP contribution in [0.15, 0.2) is 11.3 Å². The molecule has 0 aromatic carbocycles. The number of hydrogen-bond donors (Lipinski definition) is 3. The molecule has 1 fully saturated rings. The number of ether oxygens (including phenoxy) is 1. The van der Waals surface area contributed by atoms with Gasteiger partial charge < -0.3 is 21.3 Å². The van der Waals surface area contributed by atoms with Crippen molar-refractivity contribution >= 4 is 29.7 Å². The fraction of sp³-hybridized carbons (Fsp3) is 0.444. The Kier molecular flexibility index (Phi) is 3.18. The molecule has 0 unspecified atom stereocenters. The average molecular weight is 273 g/mol. The number of thioether (sulfide) groups is 1. The van der Waals surface area contributed by atoms with Crippen LogP contribution in [0.5, 0.6) is 0 Å². The zero-order valence-corrected chi connectivity index (χ0v) is 9.98. The van der Waals surface area contributed by atoms with Crippen molar-refractivity contribution in [2.45, 2.75) is 11.4 Å². The predicted octanol–water partition coefficient (Wildman–Crippen LogP) is -1.34. The molecule has 2 atom stereocenters. The number of primary amides is 1. The highest BCUT2D eigenvalue weighted by Crippen LogP contribution is 2.39. The summed E-state index contributed by atoms with van der Waals surface area (Å²) in [6, 6.07) is -0.678. The van der Waals surface area contributed by atoms with Crippen molar-refractivity contribution in [2.24, 2.45) is 11.5 Å². The van der Waals surface area contributed by atoms with Crippen LogP contribution in [0.3, 0.4) is 0 Å². The van der Waals surface area contributed by atoms with Crippen molar-refractivity contribution in [1.29, 1.82) is 0 Å². The summed E-state index contributed by atoms with van der Waals surface area (Å²) in [5.41, 5.74) is 10.6. The third-order valence-corrected chi connectivity index (χ3v) is 4.04. The van der Waals surface area contributed by atoms with Crippen LogP contribution >= 0.6 is 11.8 Å². The van der Waals surface area contributed by atoms with Gasteiger partial charge in [0, 0.05) is 11.3 Å². The Morgan fingerprint density at radius 2 is 2.22 bits per heavy atom. The largest absolute Gasteiger partial charge is 0.477 e. The van der Waals surface area contributed by atoms with Crippen molar-refractivity contribution in [1.82, 2.24) is 4.90 Å². The van der Waals surface area contributed by atoms with Gasteiger partial charge in [0.1, 0.15) is 23.7 Å². The third kappa shape index (κ3) is 1.91. The van der Waals surface area contributed by atoms with Crippen molar-refractivity contribution in [3.8, 4) is 0 Å². The Bertz CT molecular complexity index is 463. The molecule has 18 heavy (non-hydrogen) atoms. The highest BCUT2D eigenvalue weighted by Gasteiger charge is 2.51. The summed E-state index contributed by atoms with van der Waals surface area (Å²) in [4.78, 5) is 34.4. The molecule has 2 aliphatic heterocycles. The highest BCUT2D eigenvalue weighted by molar-refractivity contribution is 8.00. The molecule has 0 bridgehead atoms. The molecule has 9 heteroatoms. The first-order valence-electron chi connectivity index (χ1n) is 5.01. The summed E-state index contributed by atoms with van der Waals surface area (Å²) in [6.45, 7) is -0.240. The van der Waals surface area contributed by atoms with Crippen LogP contribution in [0.4, 0.5) is 4.79 Å². The van der Waals surface area contributed by atoms with Gasteiger partial charge in [-0.05, 0) is 0 Å². The molecule has 8 nitrogen and oxygen atoms in total. The summed E-state index contributed by atoms with van der Waals surface area (Å²) < 4.78 is 4.57. The van der Waals surface area contributed by atoms with Crippen LogP contribution < -0.4 is 11.5 Å². The van der Waals surface area contributed by atoms with Gasteiger partial charge in [-0.15, -0.1) is 11.8 Å². The van der Waals surface area contributed by atoms with Gasteiger partial charge in [-0.1, -0.05) is 0 Å². The second-order valence-corrected chi connectivity index (χ2v) is 4.91. The molecule has 2 rings (SSSR count). The summed E-state index contributed by atoms with van der Waals surface area (Å²) in [5.74, 6) is -1.36. The minimum absolute atomic E-state index is 0.160. The fourth-order valence-corrected chi connectivity index (χ4v) is 3.12. The van der Waals surface area contributed by atoms with E-state index in [-0.39, 0.29) is 17.7 Å². The van der Waals surface area contributed by atoms with Gasteiger partial charge in [0.25, 0.3) is 0 Å². The molecule has 5 N–H and O–H groups in total. The average Bonchev–Trinajstić information content (AvgIpc) is 2.33. The number of β-lactam (4-membered cyclic amide) rings is 1. The number of carboxylic acid groups (broad SMARTS) is 1. The van der Waals surface area contributed by atoms with Gasteiger partial charge in [0.15, 0.2) is 0 Å². The van der Waals surface area contributed by atoms with E-state index in [2.05, 4.69) is 4.74 Å². The molecule has 0 saturated carbocycles. The van der Waals surface area contributed by atoms with E-state index in [1.807, 2.05) is 0 Å². The lowest BCUT2D eigenvalue weighted by Crippen LogP contribution is -2.68. The number of carboxylic acids is 1. The van der Waals surface area contributed by atoms with Gasteiger partial charge in [0.2, 0.25) is 5.91 Å². The molecular formula is C9H11N3O5S. The number of carbonyl (C=O) groups excluding carboxylic acids is 2. The van der Waals surface area contributed by atoms with E-state index in [0.717, 1.165) is 4.90 Å². The van der Waals surface area contributed by atoms with Crippen LogP contribution in [-0.4, -0.2) is 51.8 Å². The number of amides is 2. The molecule has 2 amide bonds. The van der Waals surface area contributed by atoms with Crippen molar-refractivity contribution in [2.75, 3.05) is 12.4 Å². The topological polar surface area (TPSA) is 136 Å². The number of carbonyl (C=O) groups is 3. The van der Waals surface area contributed by atoms with Crippen LogP contribution in [0, 0.1) is 0 Å². The van der Waals surface area contributed by atoms with Gasteiger partial charge in [0.05, 0.1) is 0 Å². The SMILES string of the molecule is NC(=O)OCC1=C(C(=O)O)N2C(=O)[C@@H](N)[C@H]2SC1. The fourth-order valence-electron chi connectivity index (χ4n) is 1.85. The zero-order valence-electron chi connectivity index (χ0n) is 9.16. The molecule has 0 radical (unpaired) electrons. The molecular weight excluding hydrogens is 262 g/mol. The normalized spacial score (nSPS) is 26.5. The van der Waals surface area contributed by atoms with E-state index in [1.54, 1.807) is 0 Å². The van der Waals surface area contributed by atoms with Gasteiger partial charge in [-0.25, -0.2) is 9.59 Å². The first kappa shape index (κ1) is 12.7. The monoisotopic (exact) mass is 273 g/mol. The molecule has 0 spiro atoms. The Hall–Kier alpha value is -1.74. The molecule has 2 heterocycles. The third-order valence-electron chi connectivity index (χ3n) is 2.68. The second kappa shape index (κ2) is 4.50. The molecule has 2 aliphatic rings. The maximum absolute atomic E-state index is 11.6. The van der Waals surface area contributed by atoms with Gasteiger partial charge >= 0.3 is 12.1 Å². The Morgan fingerprint density at radius 3 is 2.78 bits per heavy atom. The Morgan fingerprint density at radius 1 is 1.56 bits per heavy atom. The summed E-state index contributed by atoms with van der Waals surface area (Å²) in [6.07, 6.45) is -0.994. The summed E-state index contributed by atoms with van der Waals surface area (Å²) in [5, 5.41) is 8.77. The lowest BCUT2D eigenvalue weighted by Gasteiger charge is -2.47. The lowest BCUT2D eigenvalue weighted by molar-refractivity contribution is -0.148. The van der Waals surface area contributed by atoms with E-state index in [1.165, 1.54) is 11.8 Å². The van der Waals surface area contributed by atoms with E-state index < -0.39 is 24.0 Å². The molecule has 0 aliphatic carbocycles. The number of hydrogen-bond acceptors (Lipinski definition) is 6. The maximum atomic E-state index is 11.6. The number of nitrogens with zero attached hydrogens (tertiary/aromatic N) is 1. The van der Waals surface area contributed by atoms with E-state index in [0.29, 0.717) is 11.3 Å². The number of rotatable bonds is 3. The van der Waals surface area contributed by atoms with E-state index in [4.69, 9.17) is 16.6 Å². The van der Waals surface area contributed by atoms with Crippen molar-refractivity contribution < 1.29 is 24.2 Å². The zero-order chi connectivity index (χ0) is 13.4. The first-order chi connectivity index (χ1) is 8.43. The van der Waals surface area contributed by atoms with Crippen LogP contribution in [-0.2, 0) is 14.3 Å². The van der Waals surface area contributed by atoms with Crippen LogP contribution in [0.2, 0.25) is 0 Å². The number of aliphatic carboxylic acids is 1. The maximum Gasteiger partial charge on any atom is 0.404 e. The van der Waals surface area contributed by atoms with Crippen LogP contribution in [0.1, 0.15) is 0 Å². The van der Waals surface area contributed by atoms with Gasteiger partial charge in [-0.3, -0.25) is 9.69 Å². The minimum atomic E-state index is -1.25. The van der Waals surface area contributed by atoms with Gasteiger partial charge in [-0.2, -0.15) is 0 Å². The summed E-state index contributed by atoms with van der Waals surface area (Å²) in [7, 11) is 0. The van der Waals surface area contributed by atoms with Crippen LogP contribution in [0.25, 0.3) is 0 Å². The predicted molar refractivity (Wildman–Crippen MR) is 61.3 cm³/mol. The Labute approximate surface area is 106 Å². The summed E-state index contributed by atoms with van der Waals surface area (Å²) >= 11 is 1.33. The minimum Gasteiger partial charge on any atom is -0.477 e. The van der Waals surface area contributed by atoms with Crippen molar-refractivity contribution in [3.63, 3.8) is 0 Å². The number of nitrogens with two attached hydrogens (primary N) is 2. The molecule has 98 valence electrons.